The molecule has 5 heteroatoms. The van der Waals surface area contributed by atoms with Crippen molar-refractivity contribution in [3.8, 4) is 5.75 Å². The van der Waals surface area contributed by atoms with Crippen LogP contribution < -0.4 is 20.3 Å². The first kappa shape index (κ1) is 21.0. The van der Waals surface area contributed by atoms with E-state index in [1.165, 1.54) is 56.3 Å². The molecule has 0 bridgehead atoms. The molecule has 4 nitrogen and oxygen atoms in total. The molecule has 30 heavy (non-hydrogen) atoms. The van der Waals surface area contributed by atoms with Crippen molar-refractivity contribution in [3.05, 3.63) is 54.1 Å². The molecule has 160 valence electrons. The minimum absolute atomic E-state index is 0.385. The molecule has 2 aromatic carbocycles. The molecular formula is C25H33N3OS. The minimum Gasteiger partial charge on any atom is -0.490 e. The maximum Gasteiger partial charge on any atom is 0.171 e. The highest BCUT2D eigenvalue weighted by Gasteiger charge is 2.17. The molecule has 1 atom stereocenters. The predicted molar refractivity (Wildman–Crippen MR) is 129 cm³/mol. The van der Waals surface area contributed by atoms with Gasteiger partial charge in [-0.1, -0.05) is 19.1 Å². The number of hydrogen-bond acceptors (Lipinski definition) is 3. The van der Waals surface area contributed by atoms with Crippen LogP contribution in [-0.2, 0) is 6.54 Å². The summed E-state index contributed by atoms with van der Waals surface area (Å²) in [5, 5.41) is 7.19. The Labute approximate surface area is 186 Å². The van der Waals surface area contributed by atoms with E-state index in [1.54, 1.807) is 0 Å². The number of anilines is 2. The van der Waals surface area contributed by atoms with Gasteiger partial charge in [-0.3, -0.25) is 0 Å². The third-order valence-electron chi connectivity index (χ3n) is 6.13. The molecule has 0 spiro atoms. The van der Waals surface area contributed by atoms with Crippen molar-refractivity contribution in [1.29, 1.82) is 0 Å². The SMILES string of the molecule is CC1CCCN(c2ccc(CNC(=S)Nc3ccc(OC4CCCC4)cc3)cc2)C1. The Morgan fingerprint density at radius 1 is 1.00 bits per heavy atom. The highest BCUT2D eigenvalue weighted by atomic mass is 32.1. The van der Waals surface area contributed by atoms with Gasteiger partial charge in [-0.2, -0.15) is 0 Å². The first-order valence-electron chi connectivity index (χ1n) is 11.3. The van der Waals surface area contributed by atoms with Crippen LogP contribution in [0.5, 0.6) is 5.75 Å². The van der Waals surface area contributed by atoms with E-state index in [1.807, 2.05) is 24.3 Å². The normalized spacial score (nSPS) is 19.5. The molecule has 2 aliphatic rings. The van der Waals surface area contributed by atoms with Crippen molar-refractivity contribution >= 4 is 28.7 Å². The van der Waals surface area contributed by atoms with E-state index in [9.17, 15) is 0 Å². The number of rotatable bonds is 6. The van der Waals surface area contributed by atoms with E-state index in [0.29, 0.717) is 17.8 Å². The van der Waals surface area contributed by atoms with E-state index in [4.69, 9.17) is 17.0 Å². The minimum atomic E-state index is 0.385. The van der Waals surface area contributed by atoms with Gasteiger partial charge in [0.1, 0.15) is 5.75 Å². The second kappa shape index (κ2) is 10.2. The summed E-state index contributed by atoms with van der Waals surface area (Å²) >= 11 is 5.46. The zero-order valence-electron chi connectivity index (χ0n) is 17.9. The molecular weight excluding hydrogens is 390 g/mol. The summed E-state index contributed by atoms with van der Waals surface area (Å²) in [6.45, 7) is 5.39. The van der Waals surface area contributed by atoms with Gasteiger partial charge in [0.25, 0.3) is 0 Å². The standard InChI is InChI=1S/C25H33N3OS/c1-19-5-4-16-28(18-19)22-12-8-20(9-13-22)17-26-25(30)27-21-10-14-24(15-11-21)29-23-6-2-3-7-23/h8-15,19,23H,2-7,16-18H2,1H3,(H2,26,27,30). The predicted octanol–water partition coefficient (Wildman–Crippen LogP) is 5.73. The molecule has 1 unspecified atom stereocenters. The zero-order valence-corrected chi connectivity index (χ0v) is 18.7. The fraction of sp³-hybridized carbons (Fsp3) is 0.480. The highest BCUT2D eigenvalue weighted by Crippen LogP contribution is 2.25. The van der Waals surface area contributed by atoms with Crippen molar-refractivity contribution in [1.82, 2.24) is 5.32 Å². The summed E-state index contributed by atoms with van der Waals surface area (Å²) in [6.07, 6.45) is 7.93. The van der Waals surface area contributed by atoms with Gasteiger partial charge in [-0.25, -0.2) is 0 Å². The van der Waals surface area contributed by atoms with Crippen LogP contribution in [0.15, 0.2) is 48.5 Å². The molecule has 1 saturated carbocycles. The topological polar surface area (TPSA) is 36.5 Å². The summed E-state index contributed by atoms with van der Waals surface area (Å²) in [6, 6.07) is 16.9. The summed E-state index contributed by atoms with van der Waals surface area (Å²) in [5.74, 6) is 1.72. The van der Waals surface area contributed by atoms with Gasteiger partial charge in [0, 0.05) is 31.0 Å². The van der Waals surface area contributed by atoms with Gasteiger partial charge in [-0.15, -0.1) is 0 Å². The lowest BCUT2D eigenvalue weighted by atomic mass is 9.99. The van der Waals surface area contributed by atoms with E-state index in [-0.39, 0.29) is 0 Å². The number of nitrogens with one attached hydrogen (secondary N) is 2. The number of hydrogen-bond donors (Lipinski definition) is 2. The smallest absolute Gasteiger partial charge is 0.171 e. The second-order valence-electron chi connectivity index (χ2n) is 8.72. The van der Waals surface area contributed by atoms with Crippen LogP contribution in [0.1, 0.15) is 51.0 Å². The summed E-state index contributed by atoms with van der Waals surface area (Å²) < 4.78 is 6.02. The zero-order chi connectivity index (χ0) is 20.8. The second-order valence-corrected chi connectivity index (χ2v) is 9.12. The van der Waals surface area contributed by atoms with Crippen molar-refractivity contribution in [2.24, 2.45) is 5.92 Å². The third-order valence-corrected chi connectivity index (χ3v) is 6.38. The van der Waals surface area contributed by atoms with Gasteiger partial charge in [0.05, 0.1) is 6.10 Å². The van der Waals surface area contributed by atoms with Crippen LogP contribution >= 0.6 is 12.2 Å². The fourth-order valence-electron chi connectivity index (χ4n) is 4.42. The van der Waals surface area contributed by atoms with Crippen LogP contribution in [-0.4, -0.2) is 24.3 Å². The molecule has 1 saturated heterocycles. The molecule has 2 N–H and O–H groups in total. The fourth-order valence-corrected chi connectivity index (χ4v) is 4.61. The van der Waals surface area contributed by atoms with Crippen molar-refractivity contribution < 1.29 is 4.74 Å². The molecule has 0 aromatic heterocycles. The van der Waals surface area contributed by atoms with Crippen LogP contribution in [0.2, 0.25) is 0 Å². The molecule has 1 aliphatic carbocycles. The number of piperidine rings is 1. The first-order chi connectivity index (χ1) is 14.7. The van der Waals surface area contributed by atoms with Crippen molar-refractivity contribution in [3.63, 3.8) is 0 Å². The van der Waals surface area contributed by atoms with E-state index >= 15 is 0 Å². The van der Waals surface area contributed by atoms with Gasteiger partial charge < -0.3 is 20.3 Å². The Kier molecular flexibility index (Phi) is 7.11. The molecule has 0 radical (unpaired) electrons. The van der Waals surface area contributed by atoms with Crippen LogP contribution in [0, 0.1) is 5.92 Å². The number of ether oxygens (including phenoxy) is 1. The number of thiocarbonyl (C=S) groups is 1. The Morgan fingerprint density at radius 3 is 2.43 bits per heavy atom. The van der Waals surface area contributed by atoms with Crippen molar-refractivity contribution in [2.45, 2.75) is 58.1 Å². The van der Waals surface area contributed by atoms with E-state index in [0.717, 1.165) is 23.9 Å². The van der Waals surface area contributed by atoms with E-state index < -0.39 is 0 Å². The Bertz CT molecular complexity index is 815. The summed E-state index contributed by atoms with van der Waals surface area (Å²) in [5.41, 5.74) is 3.53. The maximum absolute atomic E-state index is 6.02. The van der Waals surface area contributed by atoms with Gasteiger partial charge >= 0.3 is 0 Å². The number of benzene rings is 2. The van der Waals surface area contributed by atoms with Crippen LogP contribution in [0.3, 0.4) is 0 Å². The Balaban J connectivity index is 1.22. The molecule has 1 aliphatic heterocycles. The quantitative estimate of drug-likeness (QED) is 0.580. The van der Waals surface area contributed by atoms with Gasteiger partial charge in [0.15, 0.2) is 5.11 Å². The van der Waals surface area contributed by atoms with Gasteiger partial charge in [-0.05, 0) is 98.6 Å². The van der Waals surface area contributed by atoms with Crippen molar-refractivity contribution in [2.75, 3.05) is 23.3 Å². The van der Waals surface area contributed by atoms with Gasteiger partial charge in [0.2, 0.25) is 0 Å². The van der Waals surface area contributed by atoms with Crippen LogP contribution in [0.4, 0.5) is 11.4 Å². The summed E-state index contributed by atoms with van der Waals surface area (Å²) in [7, 11) is 0. The molecule has 2 fully saturated rings. The first-order valence-corrected chi connectivity index (χ1v) is 11.7. The largest absolute Gasteiger partial charge is 0.490 e. The third kappa shape index (κ3) is 5.88. The molecule has 0 amide bonds. The van der Waals surface area contributed by atoms with E-state index in [2.05, 4.69) is 46.7 Å². The molecule has 4 rings (SSSR count). The number of nitrogens with zero attached hydrogens (tertiary/aromatic N) is 1. The lowest BCUT2D eigenvalue weighted by Crippen LogP contribution is -2.34. The molecule has 2 aromatic rings. The van der Waals surface area contributed by atoms with Crippen LogP contribution in [0.25, 0.3) is 0 Å². The molecule has 1 heterocycles. The lowest BCUT2D eigenvalue weighted by Gasteiger charge is -2.32. The highest BCUT2D eigenvalue weighted by molar-refractivity contribution is 7.80. The average molecular weight is 424 g/mol. The summed E-state index contributed by atoms with van der Waals surface area (Å²) in [4.78, 5) is 2.50. The lowest BCUT2D eigenvalue weighted by molar-refractivity contribution is 0.210. The maximum atomic E-state index is 6.02. The average Bonchev–Trinajstić information content (AvgIpc) is 3.27. The monoisotopic (exact) mass is 423 g/mol. The Morgan fingerprint density at radius 2 is 1.73 bits per heavy atom. The Hall–Kier alpha value is -2.27.